The Hall–Kier alpha value is -2.28. The quantitative estimate of drug-likeness (QED) is 0.659. The maximum atomic E-state index is 12.2. The zero-order valence-corrected chi connectivity index (χ0v) is 14.8. The van der Waals surface area contributed by atoms with Crippen molar-refractivity contribution in [1.29, 1.82) is 0 Å². The van der Waals surface area contributed by atoms with Gasteiger partial charge < -0.3 is 14.7 Å². The van der Waals surface area contributed by atoms with Gasteiger partial charge in [0.2, 0.25) is 0 Å². The number of aliphatic imine (C=N–C) groups is 1. The lowest BCUT2D eigenvalue weighted by Crippen LogP contribution is -2.41. The average Bonchev–Trinajstić information content (AvgIpc) is 2.96. The van der Waals surface area contributed by atoms with E-state index in [0.29, 0.717) is 23.2 Å². The topological polar surface area (TPSA) is 79.2 Å². The van der Waals surface area contributed by atoms with Crippen LogP contribution >= 0.6 is 11.8 Å². The minimum Gasteiger partial charge on any atom is -0.508 e. The van der Waals surface area contributed by atoms with Crippen LogP contribution in [-0.4, -0.2) is 46.7 Å². The summed E-state index contributed by atoms with van der Waals surface area (Å²) >= 11 is 1.31. The summed E-state index contributed by atoms with van der Waals surface area (Å²) in [4.78, 5) is 30.8. The van der Waals surface area contributed by atoms with Crippen LogP contribution in [0.3, 0.4) is 0 Å². The second-order valence-electron chi connectivity index (χ2n) is 5.94. The van der Waals surface area contributed by atoms with Gasteiger partial charge in [-0.15, -0.1) is 0 Å². The number of hydrogen-bond acceptors (Lipinski definition) is 6. The van der Waals surface area contributed by atoms with Gasteiger partial charge in [0, 0.05) is 13.1 Å². The zero-order chi connectivity index (χ0) is 17.8. The fourth-order valence-corrected chi connectivity index (χ4v) is 3.85. The summed E-state index contributed by atoms with van der Waals surface area (Å²) in [6.45, 7) is 3.47. The number of thioether (sulfide) groups is 1. The van der Waals surface area contributed by atoms with Crippen molar-refractivity contribution in [2.45, 2.75) is 19.8 Å². The standard InChI is InChI=1S/C18H20N2O4S/c1-2-24-17(23)13-6-4-8-20(11-13)18-19-16(22)15(25-18)10-12-5-3-7-14(21)9-12/h3,5,7,9-10,13,21H,2,4,6,8,11H2,1H3/b15-10-. The number of piperidine rings is 1. The van der Waals surface area contributed by atoms with E-state index in [0.717, 1.165) is 24.9 Å². The van der Waals surface area contributed by atoms with Gasteiger partial charge in [-0.05, 0) is 55.3 Å². The third-order valence-electron chi connectivity index (χ3n) is 4.09. The van der Waals surface area contributed by atoms with E-state index in [4.69, 9.17) is 4.74 Å². The molecule has 2 heterocycles. The molecule has 1 saturated heterocycles. The highest BCUT2D eigenvalue weighted by Gasteiger charge is 2.32. The number of benzene rings is 1. The molecule has 2 aliphatic heterocycles. The van der Waals surface area contributed by atoms with Gasteiger partial charge in [0.05, 0.1) is 17.4 Å². The van der Waals surface area contributed by atoms with E-state index in [1.165, 1.54) is 11.8 Å². The summed E-state index contributed by atoms with van der Waals surface area (Å²) in [6.07, 6.45) is 3.38. The summed E-state index contributed by atoms with van der Waals surface area (Å²) in [6, 6.07) is 6.71. The summed E-state index contributed by atoms with van der Waals surface area (Å²) in [5.74, 6) is -0.496. The number of amides is 1. The molecule has 25 heavy (non-hydrogen) atoms. The molecular formula is C18H20N2O4S. The molecule has 1 N–H and O–H groups in total. The van der Waals surface area contributed by atoms with Crippen molar-refractivity contribution in [3.8, 4) is 5.75 Å². The van der Waals surface area contributed by atoms with Gasteiger partial charge in [-0.3, -0.25) is 9.59 Å². The largest absolute Gasteiger partial charge is 0.508 e. The van der Waals surface area contributed by atoms with Gasteiger partial charge in [0.25, 0.3) is 5.91 Å². The fraction of sp³-hybridized carbons (Fsp3) is 0.389. The van der Waals surface area contributed by atoms with E-state index in [1.807, 2.05) is 11.0 Å². The van der Waals surface area contributed by atoms with Crippen LogP contribution in [-0.2, 0) is 14.3 Å². The number of likely N-dealkylation sites (tertiary alicyclic amines) is 1. The van der Waals surface area contributed by atoms with Crippen molar-refractivity contribution < 1.29 is 19.4 Å². The molecule has 0 aromatic heterocycles. The zero-order valence-electron chi connectivity index (χ0n) is 14.0. The van der Waals surface area contributed by atoms with Crippen molar-refractivity contribution in [2.75, 3.05) is 19.7 Å². The first-order valence-electron chi connectivity index (χ1n) is 8.30. The normalized spacial score (nSPS) is 22.2. The molecule has 7 heteroatoms. The molecule has 0 aliphatic carbocycles. The van der Waals surface area contributed by atoms with E-state index in [-0.39, 0.29) is 23.5 Å². The van der Waals surface area contributed by atoms with E-state index in [1.54, 1.807) is 31.2 Å². The first-order chi connectivity index (χ1) is 12.1. The Morgan fingerprint density at radius 3 is 3.12 bits per heavy atom. The van der Waals surface area contributed by atoms with Gasteiger partial charge >= 0.3 is 5.97 Å². The predicted octanol–water partition coefficient (Wildman–Crippen LogP) is 2.64. The van der Waals surface area contributed by atoms with Gasteiger partial charge in [0.15, 0.2) is 5.17 Å². The van der Waals surface area contributed by atoms with E-state index in [2.05, 4.69) is 4.99 Å². The molecule has 0 bridgehead atoms. The Bertz CT molecular complexity index is 744. The summed E-state index contributed by atoms with van der Waals surface area (Å²) in [7, 11) is 0. The number of rotatable bonds is 3. The number of esters is 1. The van der Waals surface area contributed by atoms with Crippen LogP contribution in [0.15, 0.2) is 34.2 Å². The predicted molar refractivity (Wildman–Crippen MR) is 97.0 cm³/mol. The molecular weight excluding hydrogens is 340 g/mol. The van der Waals surface area contributed by atoms with Crippen LogP contribution in [0.4, 0.5) is 0 Å². The monoisotopic (exact) mass is 360 g/mol. The molecule has 0 spiro atoms. The third kappa shape index (κ3) is 4.22. The number of carbonyl (C=O) groups excluding carboxylic acids is 2. The first-order valence-corrected chi connectivity index (χ1v) is 9.11. The molecule has 1 amide bonds. The van der Waals surface area contributed by atoms with Crippen LogP contribution < -0.4 is 0 Å². The average molecular weight is 360 g/mol. The van der Waals surface area contributed by atoms with Crippen LogP contribution in [0.1, 0.15) is 25.3 Å². The molecule has 132 valence electrons. The number of ether oxygens (including phenoxy) is 1. The molecule has 6 nitrogen and oxygen atoms in total. The van der Waals surface area contributed by atoms with E-state index < -0.39 is 0 Å². The third-order valence-corrected chi connectivity index (χ3v) is 5.13. The van der Waals surface area contributed by atoms with Crippen molar-refractivity contribution >= 4 is 34.9 Å². The number of carbonyl (C=O) groups is 2. The Morgan fingerprint density at radius 1 is 1.52 bits per heavy atom. The Morgan fingerprint density at radius 2 is 2.36 bits per heavy atom. The van der Waals surface area contributed by atoms with Crippen molar-refractivity contribution in [3.05, 3.63) is 34.7 Å². The van der Waals surface area contributed by atoms with Crippen LogP contribution in [0.5, 0.6) is 5.75 Å². The highest BCUT2D eigenvalue weighted by molar-refractivity contribution is 8.18. The minimum atomic E-state index is -0.290. The Labute approximate surface area is 150 Å². The van der Waals surface area contributed by atoms with Gasteiger partial charge in [-0.1, -0.05) is 12.1 Å². The molecule has 2 aliphatic rings. The molecule has 1 aromatic rings. The molecule has 1 atom stereocenters. The van der Waals surface area contributed by atoms with Crippen molar-refractivity contribution in [3.63, 3.8) is 0 Å². The number of nitrogens with zero attached hydrogens (tertiary/aromatic N) is 2. The lowest BCUT2D eigenvalue weighted by molar-refractivity contribution is -0.149. The number of phenolic OH excluding ortho intramolecular Hbond substituents is 1. The van der Waals surface area contributed by atoms with E-state index >= 15 is 0 Å². The van der Waals surface area contributed by atoms with Crippen LogP contribution in [0, 0.1) is 5.92 Å². The smallest absolute Gasteiger partial charge is 0.310 e. The Balaban J connectivity index is 1.69. The SMILES string of the molecule is CCOC(=O)C1CCCN(C2=NC(=O)/C(=C/c3cccc(O)c3)S2)C1. The number of aromatic hydroxyl groups is 1. The van der Waals surface area contributed by atoms with E-state index in [9.17, 15) is 14.7 Å². The minimum absolute atomic E-state index is 0.152. The fourth-order valence-electron chi connectivity index (χ4n) is 2.90. The van der Waals surface area contributed by atoms with Crippen molar-refractivity contribution in [2.24, 2.45) is 10.9 Å². The van der Waals surface area contributed by atoms with Crippen LogP contribution in [0.2, 0.25) is 0 Å². The molecule has 0 saturated carbocycles. The summed E-state index contributed by atoms with van der Waals surface area (Å²) in [5, 5.41) is 10.2. The molecule has 3 rings (SSSR count). The lowest BCUT2D eigenvalue weighted by Gasteiger charge is -2.32. The van der Waals surface area contributed by atoms with Gasteiger partial charge in [-0.2, -0.15) is 4.99 Å². The second-order valence-corrected chi connectivity index (χ2v) is 6.95. The number of phenols is 1. The lowest BCUT2D eigenvalue weighted by atomic mass is 9.99. The molecule has 0 radical (unpaired) electrons. The highest BCUT2D eigenvalue weighted by atomic mass is 32.2. The first kappa shape index (κ1) is 17.5. The summed E-state index contributed by atoms with van der Waals surface area (Å²) in [5.41, 5.74) is 0.746. The van der Waals surface area contributed by atoms with Gasteiger partial charge in [-0.25, -0.2) is 0 Å². The maximum absolute atomic E-state index is 12.2. The summed E-state index contributed by atoms with van der Waals surface area (Å²) < 4.78 is 5.11. The molecule has 1 unspecified atom stereocenters. The molecule has 1 fully saturated rings. The van der Waals surface area contributed by atoms with Gasteiger partial charge in [0.1, 0.15) is 5.75 Å². The number of hydrogen-bond donors (Lipinski definition) is 1. The highest BCUT2D eigenvalue weighted by Crippen LogP contribution is 2.32. The van der Waals surface area contributed by atoms with Crippen LogP contribution in [0.25, 0.3) is 6.08 Å². The van der Waals surface area contributed by atoms with Crippen molar-refractivity contribution in [1.82, 2.24) is 4.90 Å². The molecule has 1 aromatic carbocycles. The Kier molecular flexibility index (Phi) is 5.43. The number of amidine groups is 1. The maximum Gasteiger partial charge on any atom is 0.310 e. The second kappa shape index (κ2) is 7.74.